The van der Waals surface area contributed by atoms with Gasteiger partial charge in [-0.3, -0.25) is 9.36 Å². The number of H-pyrrole nitrogens is 1. The van der Waals surface area contributed by atoms with Crippen LogP contribution in [-0.4, -0.2) is 31.6 Å². The number of aromatic nitrogens is 5. The number of fused-ring (bicyclic) bond motifs is 2. The van der Waals surface area contributed by atoms with Gasteiger partial charge in [-0.15, -0.1) is 0 Å². The summed E-state index contributed by atoms with van der Waals surface area (Å²) in [6.45, 7) is 2.49. The second kappa shape index (κ2) is 7.32. The zero-order chi connectivity index (χ0) is 19.0. The van der Waals surface area contributed by atoms with Gasteiger partial charge in [0.15, 0.2) is 10.8 Å². The second-order valence-corrected chi connectivity index (χ2v) is 7.66. The number of nitrogens with zero attached hydrogens (tertiary/aromatic N) is 4. The normalized spacial score (nSPS) is 11.4. The van der Waals surface area contributed by atoms with Crippen molar-refractivity contribution in [2.45, 2.75) is 24.4 Å². The number of methoxy groups -OCH3 is 1. The highest BCUT2D eigenvalue weighted by atomic mass is 79.9. The van der Waals surface area contributed by atoms with Gasteiger partial charge in [0, 0.05) is 17.1 Å². The number of ether oxygens (including phenoxy) is 1. The van der Waals surface area contributed by atoms with Gasteiger partial charge in [-0.2, -0.15) is 4.98 Å². The van der Waals surface area contributed by atoms with Crippen LogP contribution in [0.5, 0.6) is 5.88 Å². The van der Waals surface area contributed by atoms with E-state index in [-0.39, 0.29) is 5.56 Å². The molecule has 1 aromatic carbocycles. The number of pyridine rings is 1. The molecule has 0 atom stereocenters. The lowest BCUT2D eigenvalue weighted by atomic mass is 10.2. The van der Waals surface area contributed by atoms with E-state index in [4.69, 9.17) is 4.74 Å². The maximum absolute atomic E-state index is 12.8. The van der Waals surface area contributed by atoms with Crippen LogP contribution in [0.15, 0.2) is 44.8 Å². The number of aromatic amines is 1. The molecule has 0 fully saturated rings. The molecule has 0 aliphatic rings. The molecule has 3 aromatic heterocycles. The van der Waals surface area contributed by atoms with Gasteiger partial charge in [0.05, 0.1) is 29.3 Å². The van der Waals surface area contributed by atoms with Crippen molar-refractivity contribution in [3.8, 4) is 5.88 Å². The third-order valence-electron chi connectivity index (χ3n) is 4.11. The molecule has 0 saturated heterocycles. The van der Waals surface area contributed by atoms with Crippen LogP contribution in [-0.2, 0) is 12.3 Å². The van der Waals surface area contributed by atoms with Crippen LogP contribution >= 0.6 is 27.7 Å². The molecule has 0 aliphatic carbocycles. The number of halogens is 1. The molecule has 4 aromatic rings. The number of imidazole rings is 1. The Morgan fingerprint density at radius 1 is 1.22 bits per heavy atom. The molecule has 9 heteroatoms. The van der Waals surface area contributed by atoms with Gasteiger partial charge in [-0.25, -0.2) is 9.97 Å². The molecule has 0 aliphatic heterocycles. The van der Waals surface area contributed by atoms with Gasteiger partial charge in [0.2, 0.25) is 5.88 Å². The fourth-order valence-corrected chi connectivity index (χ4v) is 4.10. The number of thioether (sulfide) groups is 1. The maximum Gasteiger partial charge on any atom is 0.262 e. The summed E-state index contributed by atoms with van der Waals surface area (Å²) in [5, 5.41) is 1.28. The van der Waals surface area contributed by atoms with Crippen molar-refractivity contribution in [1.82, 2.24) is 24.5 Å². The molecule has 0 saturated carbocycles. The maximum atomic E-state index is 12.8. The number of rotatable bonds is 5. The third-order valence-corrected chi connectivity index (χ3v) is 5.59. The Hall–Kier alpha value is -2.39. The van der Waals surface area contributed by atoms with E-state index < -0.39 is 0 Å². The molecular formula is C18H16BrN5O2S. The first-order valence-electron chi connectivity index (χ1n) is 8.31. The van der Waals surface area contributed by atoms with Crippen LogP contribution in [0.3, 0.4) is 0 Å². The highest BCUT2D eigenvalue weighted by Gasteiger charge is 2.13. The molecule has 27 heavy (non-hydrogen) atoms. The summed E-state index contributed by atoms with van der Waals surface area (Å²) in [5.41, 5.74) is 2.10. The van der Waals surface area contributed by atoms with Gasteiger partial charge in [0.25, 0.3) is 5.56 Å². The Labute approximate surface area is 167 Å². The number of nitrogens with one attached hydrogen (secondary N) is 1. The van der Waals surface area contributed by atoms with E-state index in [0.29, 0.717) is 39.9 Å². The van der Waals surface area contributed by atoms with Crippen molar-refractivity contribution < 1.29 is 4.74 Å². The van der Waals surface area contributed by atoms with Crippen LogP contribution in [0.4, 0.5) is 0 Å². The quantitative estimate of drug-likeness (QED) is 0.371. The third kappa shape index (κ3) is 3.44. The van der Waals surface area contributed by atoms with Crippen molar-refractivity contribution in [3.63, 3.8) is 0 Å². The minimum atomic E-state index is -0.0395. The average Bonchev–Trinajstić information content (AvgIpc) is 3.09. The lowest BCUT2D eigenvalue weighted by molar-refractivity contribution is 0.399. The first-order valence-corrected chi connectivity index (χ1v) is 10.1. The molecule has 0 bridgehead atoms. The summed E-state index contributed by atoms with van der Waals surface area (Å²) in [4.78, 5) is 29.5. The fraction of sp³-hybridized carbons (Fsp3) is 0.222. The highest BCUT2D eigenvalue weighted by Crippen LogP contribution is 2.24. The van der Waals surface area contributed by atoms with Crippen molar-refractivity contribution in [1.29, 1.82) is 0 Å². The van der Waals surface area contributed by atoms with E-state index in [1.807, 2.05) is 31.2 Å². The summed E-state index contributed by atoms with van der Waals surface area (Å²) in [5.74, 6) is 1.84. The average molecular weight is 446 g/mol. The standard InChI is InChI=1S/C18H16BrN5O2S/c1-3-24-17(25)11-8-10(19)4-5-12(11)21-18(24)27-9-14-20-13-6-7-15(26-2)23-16(13)22-14/h4-8H,3,9H2,1-2H3,(H,20,22,23). The molecule has 0 amide bonds. The van der Waals surface area contributed by atoms with Gasteiger partial charge in [0.1, 0.15) is 5.82 Å². The molecule has 1 N–H and O–H groups in total. The van der Waals surface area contributed by atoms with E-state index in [9.17, 15) is 4.79 Å². The molecule has 4 rings (SSSR count). The van der Waals surface area contributed by atoms with Gasteiger partial charge >= 0.3 is 0 Å². The summed E-state index contributed by atoms with van der Waals surface area (Å²) in [7, 11) is 1.57. The molecule has 7 nitrogen and oxygen atoms in total. The SMILES string of the molecule is CCn1c(SCc2nc3nc(OC)ccc3[nH]2)nc2ccc(Br)cc2c1=O. The first-order chi connectivity index (χ1) is 13.1. The topological polar surface area (TPSA) is 85.7 Å². The first kappa shape index (κ1) is 18.0. The zero-order valence-corrected chi connectivity index (χ0v) is 17.1. The number of benzene rings is 1. The van der Waals surface area contributed by atoms with Crippen LogP contribution in [0.25, 0.3) is 22.1 Å². The summed E-state index contributed by atoms with van der Waals surface area (Å²) in [6, 6.07) is 9.22. The van der Waals surface area contributed by atoms with Crippen LogP contribution in [0, 0.1) is 0 Å². The van der Waals surface area contributed by atoms with Crippen LogP contribution < -0.4 is 10.3 Å². The summed E-state index contributed by atoms with van der Waals surface area (Å²) in [6.07, 6.45) is 0. The van der Waals surface area contributed by atoms with Crippen LogP contribution in [0.1, 0.15) is 12.7 Å². The fourth-order valence-electron chi connectivity index (χ4n) is 2.80. The Morgan fingerprint density at radius 2 is 2.07 bits per heavy atom. The van der Waals surface area contributed by atoms with Crippen molar-refractivity contribution in [3.05, 3.63) is 51.0 Å². The minimum absolute atomic E-state index is 0.0395. The summed E-state index contributed by atoms with van der Waals surface area (Å²) >= 11 is 4.88. The van der Waals surface area contributed by atoms with Crippen molar-refractivity contribution in [2.75, 3.05) is 7.11 Å². The van der Waals surface area contributed by atoms with Crippen LogP contribution in [0.2, 0.25) is 0 Å². The largest absolute Gasteiger partial charge is 0.481 e. The molecule has 3 heterocycles. The predicted octanol–water partition coefficient (Wildman–Crippen LogP) is 3.75. The minimum Gasteiger partial charge on any atom is -0.481 e. The van der Waals surface area contributed by atoms with Crippen molar-refractivity contribution in [2.24, 2.45) is 0 Å². The van der Waals surface area contributed by atoms with E-state index in [2.05, 4.69) is 35.9 Å². The lowest BCUT2D eigenvalue weighted by Gasteiger charge is -2.10. The number of hydrogen-bond acceptors (Lipinski definition) is 6. The van der Waals surface area contributed by atoms with Crippen molar-refractivity contribution >= 4 is 49.8 Å². The van der Waals surface area contributed by atoms with Gasteiger partial charge < -0.3 is 9.72 Å². The molecule has 0 spiro atoms. The second-order valence-electron chi connectivity index (χ2n) is 5.80. The smallest absolute Gasteiger partial charge is 0.262 e. The van der Waals surface area contributed by atoms with E-state index >= 15 is 0 Å². The molecule has 138 valence electrons. The number of hydrogen-bond donors (Lipinski definition) is 1. The van der Waals surface area contributed by atoms with Gasteiger partial charge in [-0.05, 0) is 31.2 Å². The van der Waals surface area contributed by atoms with E-state index in [1.54, 1.807) is 17.7 Å². The van der Waals surface area contributed by atoms with Gasteiger partial charge in [-0.1, -0.05) is 27.7 Å². The summed E-state index contributed by atoms with van der Waals surface area (Å²) < 4.78 is 7.68. The molecular weight excluding hydrogens is 430 g/mol. The lowest BCUT2D eigenvalue weighted by Crippen LogP contribution is -2.22. The zero-order valence-electron chi connectivity index (χ0n) is 14.7. The van der Waals surface area contributed by atoms with E-state index in [1.165, 1.54) is 11.8 Å². The Kier molecular flexibility index (Phi) is 4.88. The highest BCUT2D eigenvalue weighted by molar-refractivity contribution is 9.10. The Balaban J connectivity index is 1.67. The Bertz CT molecular complexity index is 1200. The van der Waals surface area contributed by atoms with E-state index in [0.717, 1.165) is 15.8 Å². The molecule has 0 unspecified atom stereocenters. The predicted molar refractivity (Wildman–Crippen MR) is 109 cm³/mol. The monoisotopic (exact) mass is 445 g/mol. The Morgan fingerprint density at radius 3 is 2.85 bits per heavy atom. The molecule has 0 radical (unpaired) electrons.